The molecule has 0 aromatic heterocycles. The summed E-state index contributed by atoms with van der Waals surface area (Å²) in [6.45, 7) is 10.5. The van der Waals surface area contributed by atoms with Gasteiger partial charge in [0.2, 0.25) is 5.91 Å². The van der Waals surface area contributed by atoms with Crippen LogP contribution in [-0.2, 0) is 19.1 Å². The second-order valence-electron chi connectivity index (χ2n) is 6.11. The summed E-state index contributed by atoms with van der Waals surface area (Å²) in [6, 6.07) is 0. The van der Waals surface area contributed by atoms with Gasteiger partial charge in [0.15, 0.2) is 0 Å². The smallest absolute Gasteiger partial charge is 0.222 e. The third kappa shape index (κ3) is 8.86. The van der Waals surface area contributed by atoms with E-state index >= 15 is 0 Å². The summed E-state index contributed by atoms with van der Waals surface area (Å²) >= 11 is 0. The van der Waals surface area contributed by atoms with Crippen LogP contribution < -0.4 is 0 Å². The largest absolute Gasteiger partial charge is 0.379 e. The minimum Gasteiger partial charge on any atom is -0.379 e. The Morgan fingerprint density at radius 1 is 1.13 bits per heavy atom. The molecular weight excluding hydrogens is 294 g/mol. The zero-order chi connectivity index (χ0) is 17.8. The first kappa shape index (κ1) is 21.8. The molecule has 0 heterocycles. The third-order valence-corrected chi connectivity index (χ3v) is 4.01. The molecule has 0 bridgehead atoms. The molecular formula is C18H33NO4. The van der Waals surface area contributed by atoms with Crippen LogP contribution in [0, 0.1) is 5.92 Å². The predicted molar refractivity (Wildman–Crippen MR) is 92.4 cm³/mol. The van der Waals surface area contributed by atoms with Crippen LogP contribution in [0.1, 0.15) is 46.5 Å². The molecule has 1 amide bonds. The van der Waals surface area contributed by atoms with Crippen LogP contribution >= 0.6 is 0 Å². The maximum Gasteiger partial charge on any atom is 0.222 e. The van der Waals surface area contributed by atoms with Gasteiger partial charge in [-0.25, -0.2) is 0 Å². The minimum atomic E-state index is -0.175. The number of amides is 1. The number of Topliss-reactive ketones (excluding diaryl/α,β-unsaturated/α-hetero) is 1. The molecule has 0 aliphatic carbocycles. The van der Waals surface area contributed by atoms with Gasteiger partial charge in [-0.05, 0) is 19.8 Å². The van der Waals surface area contributed by atoms with Gasteiger partial charge in [0.1, 0.15) is 11.9 Å². The van der Waals surface area contributed by atoms with Crippen molar-refractivity contribution in [3.8, 4) is 0 Å². The average Bonchev–Trinajstić information content (AvgIpc) is 2.53. The van der Waals surface area contributed by atoms with Crippen molar-refractivity contribution < 1.29 is 19.1 Å². The lowest BCUT2D eigenvalue weighted by Gasteiger charge is -2.29. The molecule has 0 rings (SSSR count). The fourth-order valence-corrected chi connectivity index (χ4v) is 2.21. The molecule has 2 unspecified atom stereocenters. The summed E-state index contributed by atoms with van der Waals surface area (Å²) in [6.07, 6.45) is 3.69. The molecule has 0 radical (unpaired) electrons. The number of ketones is 1. The van der Waals surface area contributed by atoms with E-state index in [9.17, 15) is 9.59 Å². The molecule has 0 N–H and O–H groups in total. The van der Waals surface area contributed by atoms with Crippen molar-refractivity contribution in [1.29, 1.82) is 0 Å². The highest BCUT2D eigenvalue weighted by Crippen LogP contribution is 2.10. The standard InChI is InChI=1S/C18H33NO4/c1-7-8-12-19(13-17(23-6)15(4)22-5)18(21)11-9-10-16(20)14(2)3/h7,14-15,17H,1,8-13H2,2-6H3. The lowest BCUT2D eigenvalue weighted by atomic mass is 10.0. The molecule has 0 aliphatic rings. The SMILES string of the molecule is C=CCCN(CC(OC)C(C)OC)C(=O)CCCC(=O)C(C)C. The zero-order valence-electron chi connectivity index (χ0n) is 15.3. The number of nitrogens with zero attached hydrogens (tertiary/aromatic N) is 1. The number of rotatable bonds is 13. The third-order valence-electron chi connectivity index (χ3n) is 4.01. The summed E-state index contributed by atoms with van der Waals surface area (Å²) in [5.41, 5.74) is 0. The second kappa shape index (κ2) is 12.3. The molecule has 0 aromatic rings. The van der Waals surface area contributed by atoms with Crippen molar-refractivity contribution in [2.45, 2.75) is 58.7 Å². The second-order valence-corrected chi connectivity index (χ2v) is 6.11. The fraction of sp³-hybridized carbons (Fsp3) is 0.778. The summed E-state index contributed by atoms with van der Waals surface area (Å²) in [7, 11) is 3.25. The Kier molecular flexibility index (Phi) is 11.6. The highest BCUT2D eigenvalue weighted by Gasteiger charge is 2.23. The van der Waals surface area contributed by atoms with Gasteiger partial charge in [-0.2, -0.15) is 0 Å². The van der Waals surface area contributed by atoms with E-state index < -0.39 is 0 Å². The quantitative estimate of drug-likeness (QED) is 0.488. The van der Waals surface area contributed by atoms with Crippen LogP contribution in [0.4, 0.5) is 0 Å². The van der Waals surface area contributed by atoms with Gasteiger partial charge in [0.05, 0.1) is 6.10 Å². The van der Waals surface area contributed by atoms with Crippen molar-refractivity contribution in [3.63, 3.8) is 0 Å². The number of hydrogen-bond acceptors (Lipinski definition) is 4. The lowest BCUT2D eigenvalue weighted by Crippen LogP contribution is -2.43. The summed E-state index contributed by atoms with van der Waals surface area (Å²) in [4.78, 5) is 25.9. The van der Waals surface area contributed by atoms with Crippen LogP contribution in [0.3, 0.4) is 0 Å². The summed E-state index contributed by atoms with van der Waals surface area (Å²) in [5.74, 6) is 0.286. The topological polar surface area (TPSA) is 55.8 Å². The van der Waals surface area contributed by atoms with E-state index in [-0.39, 0.29) is 29.8 Å². The highest BCUT2D eigenvalue weighted by atomic mass is 16.5. The fourth-order valence-electron chi connectivity index (χ4n) is 2.21. The van der Waals surface area contributed by atoms with E-state index in [2.05, 4.69) is 6.58 Å². The Hall–Kier alpha value is -1.20. The zero-order valence-corrected chi connectivity index (χ0v) is 15.3. The van der Waals surface area contributed by atoms with Crippen LogP contribution in [-0.4, -0.2) is 56.1 Å². The van der Waals surface area contributed by atoms with Crippen molar-refractivity contribution in [2.24, 2.45) is 5.92 Å². The molecule has 0 aliphatic heterocycles. The maximum atomic E-state index is 12.4. The van der Waals surface area contributed by atoms with Crippen molar-refractivity contribution in [2.75, 3.05) is 27.3 Å². The molecule has 0 spiro atoms. The van der Waals surface area contributed by atoms with Gasteiger partial charge >= 0.3 is 0 Å². The molecule has 5 nitrogen and oxygen atoms in total. The Labute approximate surface area is 141 Å². The predicted octanol–water partition coefficient (Wildman–Crippen LogP) is 2.84. The van der Waals surface area contributed by atoms with Gasteiger partial charge in [-0.3, -0.25) is 9.59 Å². The van der Waals surface area contributed by atoms with Gasteiger partial charge < -0.3 is 14.4 Å². The van der Waals surface area contributed by atoms with Gasteiger partial charge in [0, 0.05) is 46.1 Å². The Morgan fingerprint density at radius 2 is 1.78 bits per heavy atom. The first-order valence-electron chi connectivity index (χ1n) is 8.34. The Bertz CT molecular complexity index is 368. The maximum absolute atomic E-state index is 12.4. The molecule has 5 heteroatoms. The van der Waals surface area contributed by atoms with Crippen LogP contribution in [0.25, 0.3) is 0 Å². The first-order valence-corrected chi connectivity index (χ1v) is 8.34. The molecule has 0 saturated heterocycles. The van der Waals surface area contributed by atoms with E-state index in [1.54, 1.807) is 25.2 Å². The van der Waals surface area contributed by atoms with E-state index in [4.69, 9.17) is 9.47 Å². The van der Waals surface area contributed by atoms with E-state index in [1.807, 2.05) is 20.8 Å². The Balaban J connectivity index is 4.58. The molecule has 0 saturated carbocycles. The van der Waals surface area contributed by atoms with Crippen LogP contribution in [0.15, 0.2) is 12.7 Å². The van der Waals surface area contributed by atoms with Crippen LogP contribution in [0.5, 0.6) is 0 Å². The number of carbonyl (C=O) groups is 2. The Morgan fingerprint density at radius 3 is 2.26 bits per heavy atom. The molecule has 2 atom stereocenters. The van der Waals surface area contributed by atoms with Gasteiger partial charge in [0.25, 0.3) is 0 Å². The summed E-state index contributed by atoms with van der Waals surface area (Å²) < 4.78 is 10.7. The average molecular weight is 327 g/mol. The molecule has 134 valence electrons. The molecule has 0 fully saturated rings. The van der Waals surface area contributed by atoms with E-state index in [0.717, 1.165) is 6.42 Å². The monoisotopic (exact) mass is 327 g/mol. The van der Waals surface area contributed by atoms with Crippen molar-refractivity contribution in [1.82, 2.24) is 4.90 Å². The van der Waals surface area contributed by atoms with E-state index in [1.165, 1.54) is 0 Å². The number of methoxy groups -OCH3 is 2. The van der Waals surface area contributed by atoms with Crippen molar-refractivity contribution in [3.05, 3.63) is 12.7 Å². The highest BCUT2D eigenvalue weighted by molar-refractivity contribution is 5.81. The van der Waals surface area contributed by atoms with Gasteiger partial charge in [-0.15, -0.1) is 6.58 Å². The minimum absolute atomic E-state index is 0.0300. The molecule has 0 aromatic carbocycles. The summed E-state index contributed by atoms with van der Waals surface area (Å²) in [5, 5.41) is 0. The van der Waals surface area contributed by atoms with Crippen molar-refractivity contribution >= 4 is 11.7 Å². The van der Waals surface area contributed by atoms with E-state index in [0.29, 0.717) is 32.4 Å². The first-order chi connectivity index (χ1) is 10.9. The van der Waals surface area contributed by atoms with Crippen LogP contribution in [0.2, 0.25) is 0 Å². The lowest BCUT2D eigenvalue weighted by molar-refractivity contribution is -0.134. The number of hydrogen-bond donors (Lipinski definition) is 0. The number of carbonyl (C=O) groups excluding carboxylic acids is 2. The normalized spacial score (nSPS) is 13.7. The van der Waals surface area contributed by atoms with Gasteiger partial charge in [-0.1, -0.05) is 19.9 Å². The number of ether oxygens (including phenoxy) is 2. The molecule has 23 heavy (non-hydrogen) atoms.